The summed E-state index contributed by atoms with van der Waals surface area (Å²) in [5.41, 5.74) is -2.05. The maximum absolute atomic E-state index is 11.9. The second-order valence-corrected chi connectivity index (χ2v) is 8.18. The lowest BCUT2D eigenvalue weighted by Crippen LogP contribution is -2.48. The van der Waals surface area contributed by atoms with Crippen LogP contribution in [0, 0.1) is 11.3 Å². The van der Waals surface area contributed by atoms with Crippen molar-refractivity contribution < 1.29 is 24.2 Å². The lowest BCUT2D eigenvalue weighted by molar-refractivity contribution is -0.154. The number of carboxylic acid groups (broad SMARTS) is 1. The van der Waals surface area contributed by atoms with E-state index < -0.39 is 23.1 Å². The summed E-state index contributed by atoms with van der Waals surface area (Å²) in [7, 11) is 0. The third-order valence-corrected chi connectivity index (χ3v) is 3.56. The van der Waals surface area contributed by atoms with Crippen molar-refractivity contribution in [1.29, 1.82) is 0 Å². The Balaban J connectivity index is 4.93. The largest absolute Gasteiger partial charge is 0.481 e. The molecule has 0 saturated heterocycles. The number of carboxylic acids is 1. The highest BCUT2D eigenvalue weighted by Crippen LogP contribution is 2.32. The van der Waals surface area contributed by atoms with Crippen LogP contribution in [-0.2, 0) is 14.3 Å². The summed E-state index contributed by atoms with van der Waals surface area (Å²) in [6, 6.07) is 0. The molecule has 0 aliphatic heterocycles. The maximum atomic E-state index is 11.9. The molecule has 136 valence electrons. The number of carbonyl (C=O) groups excluding carboxylic acids is 1. The van der Waals surface area contributed by atoms with Gasteiger partial charge in [0.15, 0.2) is 0 Å². The molecule has 0 aromatic rings. The van der Waals surface area contributed by atoms with E-state index in [0.717, 1.165) is 0 Å². The van der Waals surface area contributed by atoms with Gasteiger partial charge in [-0.05, 0) is 53.9 Å². The van der Waals surface area contributed by atoms with Crippen molar-refractivity contribution >= 4 is 12.1 Å². The fourth-order valence-corrected chi connectivity index (χ4v) is 2.09. The molecule has 0 rings (SSSR count). The van der Waals surface area contributed by atoms with Crippen molar-refractivity contribution in [2.45, 2.75) is 73.0 Å². The van der Waals surface area contributed by atoms with Gasteiger partial charge in [-0.3, -0.25) is 4.79 Å². The molecule has 1 unspecified atom stereocenters. The Hall–Kier alpha value is -1.30. The summed E-state index contributed by atoms with van der Waals surface area (Å²) in [5, 5.41) is 12.3. The first-order valence-electron chi connectivity index (χ1n) is 8.04. The molecule has 2 N–H and O–H groups in total. The van der Waals surface area contributed by atoms with Gasteiger partial charge >= 0.3 is 12.1 Å². The molecule has 0 aromatic heterocycles. The van der Waals surface area contributed by atoms with E-state index in [1.807, 2.05) is 34.6 Å². The van der Waals surface area contributed by atoms with Gasteiger partial charge in [-0.15, -0.1) is 0 Å². The van der Waals surface area contributed by atoms with E-state index in [1.54, 1.807) is 20.8 Å². The molecule has 0 radical (unpaired) electrons. The zero-order valence-electron chi connectivity index (χ0n) is 15.8. The Kier molecular flexibility index (Phi) is 7.54. The minimum Gasteiger partial charge on any atom is -0.481 e. The van der Waals surface area contributed by atoms with Crippen LogP contribution in [0.4, 0.5) is 4.79 Å². The molecule has 0 aliphatic carbocycles. The minimum absolute atomic E-state index is 0.00240. The molecule has 1 atom stereocenters. The summed E-state index contributed by atoms with van der Waals surface area (Å²) in [5.74, 6) is -1.11. The van der Waals surface area contributed by atoms with Gasteiger partial charge in [0.25, 0.3) is 0 Å². The molecule has 0 bridgehead atoms. The first-order chi connectivity index (χ1) is 10.2. The standard InChI is InChI=1S/C17H33NO5/c1-12(2)17(13(19)20,9-10-22-15(3,4)5)11-18-14(21)23-16(6,7)8/h12H,9-11H2,1-8H3,(H,18,21)(H,19,20). The van der Waals surface area contributed by atoms with Crippen molar-refractivity contribution in [2.75, 3.05) is 13.2 Å². The van der Waals surface area contributed by atoms with Crippen molar-refractivity contribution in [3.63, 3.8) is 0 Å². The number of hydrogen-bond acceptors (Lipinski definition) is 4. The molecule has 0 saturated carbocycles. The molecule has 6 heteroatoms. The zero-order valence-corrected chi connectivity index (χ0v) is 15.8. The van der Waals surface area contributed by atoms with Gasteiger partial charge in [-0.1, -0.05) is 13.8 Å². The Bertz CT molecular complexity index is 406. The lowest BCUT2D eigenvalue weighted by atomic mass is 9.74. The third-order valence-electron chi connectivity index (χ3n) is 3.56. The number of aliphatic carboxylic acids is 1. The summed E-state index contributed by atoms with van der Waals surface area (Å²) in [4.78, 5) is 23.7. The monoisotopic (exact) mass is 331 g/mol. The number of alkyl carbamates (subject to hydrolysis) is 1. The molecule has 0 heterocycles. The van der Waals surface area contributed by atoms with Crippen LogP contribution < -0.4 is 5.32 Å². The number of amides is 1. The highest BCUT2D eigenvalue weighted by atomic mass is 16.6. The van der Waals surface area contributed by atoms with E-state index in [0.29, 0.717) is 13.0 Å². The fraction of sp³-hybridized carbons (Fsp3) is 0.882. The van der Waals surface area contributed by atoms with Gasteiger partial charge in [0.1, 0.15) is 5.60 Å². The number of hydrogen-bond donors (Lipinski definition) is 2. The first-order valence-corrected chi connectivity index (χ1v) is 8.04. The molecule has 1 amide bonds. The van der Waals surface area contributed by atoms with E-state index in [1.165, 1.54) is 0 Å². The Morgan fingerprint density at radius 2 is 1.57 bits per heavy atom. The summed E-state index contributed by atoms with van der Waals surface area (Å²) in [6.07, 6.45) is -0.298. The zero-order chi connectivity index (χ0) is 18.5. The second kappa shape index (κ2) is 7.99. The fourth-order valence-electron chi connectivity index (χ4n) is 2.09. The van der Waals surface area contributed by atoms with Crippen molar-refractivity contribution in [3.05, 3.63) is 0 Å². The average molecular weight is 331 g/mol. The third kappa shape index (κ3) is 8.21. The van der Waals surface area contributed by atoms with E-state index in [9.17, 15) is 14.7 Å². The first kappa shape index (κ1) is 21.7. The number of nitrogens with one attached hydrogen (secondary N) is 1. The Morgan fingerprint density at radius 3 is 1.91 bits per heavy atom. The molecule has 0 aliphatic rings. The molecule has 0 spiro atoms. The van der Waals surface area contributed by atoms with Crippen molar-refractivity contribution in [3.8, 4) is 0 Å². The van der Waals surface area contributed by atoms with Gasteiger partial charge < -0.3 is 19.9 Å². The SMILES string of the molecule is CC(C)C(CCOC(C)(C)C)(CNC(=O)OC(C)(C)C)C(=O)O. The Morgan fingerprint density at radius 1 is 1.04 bits per heavy atom. The van der Waals surface area contributed by atoms with Crippen molar-refractivity contribution in [1.82, 2.24) is 5.32 Å². The van der Waals surface area contributed by atoms with E-state index >= 15 is 0 Å². The van der Waals surface area contributed by atoms with Gasteiger partial charge in [-0.2, -0.15) is 0 Å². The summed E-state index contributed by atoms with van der Waals surface area (Å²) < 4.78 is 10.8. The Labute approximate surface area is 139 Å². The number of rotatable bonds is 7. The molecule has 0 aromatic carbocycles. The van der Waals surface area contributed by atoms with Crippen LogP contribution in [0.2, 0.25) is 0 Å². The molecule has 0 fully saturated rings. The van der Waals surface area contributed by atoms with E-state index in [-0.39, 0.29) is 18.1 Å². The lowest BCUT2D eigenvalue weighted by Gasteiger charge is -2.34. The molecular weight excluding hydrogens is 298 g/mol. The normalized spacial score (nSPS) is 15.2. The predicted molar refractivity (Wildman–Crippen MR) is 89.5 cm³/mol. The molecule has 6 nitrogen and oxygen atoms in total. The van der Waals surface area contributed by atoms with Gasteiger partial charge in [0, 0.05) is 13.2 Å². The van der Waals surface area contributed by atoms with Crippen molar-refractivity contribution in [2.24, 2.45) is 11.3 Å². The minimum atomic E-state index is -1.10. The van der Waals surface area contributed by atoms with Crippen LogP contribution >= 0.6 is 0 Å². The van der Waals surface area contributed by atoms with Gasteiger partial charge in [-0.25, -0.2) is 4.79 Å². The van der Waals surface area contributed by atoms with Crippen LogP contribution in [0.1, 0.15) is 61.8 Å². The van der Waals surface area contributed by atoms with Gasteiger partial charge in [0.05, 0.1) is 11.0 Å². The van der Waals surface area contributed by atoms with Crippen LogP contribution in [0.5, 0.6) is 0 Å². The second-order valence-electron chi connectivity index (χ2n) is 8.18. The van der Waals surface area contributed by atoms with E-state index in [4.69, 9.17) is 9.47 Å². The molecular formula is C17H33NO5. The van der Waals surface area contributed by atoms with Crippen LogP contribution in [0.3, 0.4) is 0 Å². The molecule has 23 heavy (non-hydrogen) atoms. The summed E-state index contributed by atoms with van der Waals surface area (Å²) >= 11 is 0. The number of carbonyl (C=O) groups is 2. The highest BCUT2D eigenvalue weighted by molar-refractivity contribution is 5.76. The topological polar surface area (TPSA) is 84.9 Å². The predicted octanol–water partition coefficient (Wildman–Crippen LogP) is 3.44. The average Bonchev–Trinajstić information content (AvgIpc) is 2.28. The van der Waals surface area contributed by atoms with E-state index in [2.05, 4.69) is 5.32 Å². The quantitative estimate of drug-likeness (QED) is 0.746. The highest BCUT2D eigenvalue weighted by Gasteiger charge is 2.42. The maximum Gasteiger partial charge on any atom is 0.407 e. The summed E-state index contributed by atoms with van der Waals surface area (Å²) in [6.45, 7) is 15.0. The van der Waals surface area contributed by atoms with Crippen LogP contribution in [0.25, 0.3) is 0 Å². The smallest absolute Gasteiger partial charge is 0.407 e. The number of ether oxygens (including phenoxy) is 2. The van der Waals surface area contributed by atoms with Crippen LogP contribution in [0.15, 0.2) is 0 Å². The van der Waals surface area contributed by atoms with Gasteiger partial charge in [0.2, 0.25) is 0 Å². The van der Waals surface area contributed by atoms with Crippen LogP contribution in [-0.4, -0.2) is 41.5 Å².